The van der Waals surface area contributed by atoms with Crippen molar-refractivity contribution in [1.29, 1.82) is 0 Å². The number of nitrogens with zero attached hydrogens (tertiary/aromatic N) is 3. The number of carbonyl (C=O) groups is 1. The minimum absolute atomic E-state index is 0.0357. The molecule has 2 aliphatic heterocycles. The Morgan fingerprint density at radius 1 is 1.26 bits per heavy atom. The minimum Gasteiger partial charge on any atom is -0.370 e. The molecule has 2 aliphatic rings. The maximum Gasteiger partial charge on any atom is 0.224 e. The summed E-state index contributed by atoms with van der Waals surface area (Å²) in [6.07, 6.45) is 1.45. The molecule has 31 heavy (non-hydrogen) atoms. The molecule has 6 nitrogen and oxygen atoms in total. The third-order valence-electron chi connectivity index (χ3n) is 5.98. The molecule has 0 aliphatic carbocycles. The Morgan fingerprint density at radius 3 is 2.97 bits per heavy atom. The zero-order valence-electron chi connectivity index (χ0n) is 18.5. The number of rotatable bonds is 5. The van der Waals surface area contributed by atoms with Crippen molar-refractivity contribution in [2.45, 2.75) is 39.3 Å². The second kappa shape index (κ2) is 10.3. The van der Waals surface area contributed by atoms with E-state index in [2.05, 4.69) is 59.8 Å². The van der Waals surface area contributed by atoms with Crippen LogP contribution in [-0.4, -0.2) is 61.0 Å². The molecule has 4 rings (SSSR count). The van der Waals surface area contributed by atoms with Crippen LogP contribution in [0.5, 0.6) is 0 Å². The van der Waals surface area contributed by atoms with Gasteiger partial charge in [0.05, 0.1) is 19.7 Å². The van der Waals surface area contributed by atoms with E-state index >= 15 is 0 Å². The Morgan fingerprint density at radius 2 is 2.13 bits per heavy atom. The van der Waals surface area contributed by atoms with E-state index in [-0.39, 0.29) is 12.0 Å². The maximum atomic E-state index is 12.7. The molecule has 1 aromatic carbocycles. The summed E-state index contributed by atoms with van der Waals surface area (Å²) in [7, 11) is 0. The number of carbonyl (C=O) groups excluding carboxylic acids is 1. The quantitative estimate of drug-likeness (QED) is 0.572. The van der Waals surface area contributed by atoms with Crippen LogP contribution in [-0.2, 0) is 22.5 Å². The highest BCUT2D eigenvalue weighted by Gasteiger charge is 2.25. The zero-order valence-corrected chi connectivity index (χ0v) is 19.3. The Hall–Kier alpha value is -2.38. The number of hydrogen-bond donors (Lipinski definition) is 1. The fourth-order valence-corrected chi connectivity index (χ4v) is 5.17. The van der Waals surface area contributed by atoms with Crippen LogP contribution >= 0.6 is 11.3 Å². The lowest BCUT2D eigenvalue weighted by Gasteiger charge is -2.36. The first-order valence-electron chi connectivity index (χ1n) is 11.2. The highest BCUT2D eigenvalue weighted by molar-refractivity contribution is 7.10. The summed E-state index contributed by atoms with van der Waals surface area (Å²) >= 11 is 1.80. The number of nitrogens with one attached hydrogen (secondary N) is 1. The molecule has 166 valence electrons. The average Bonchev–Trinajstić information content (AvgIpc) is 3.27. The van der Waals surface area contributed by atoms with Crippen molar-refractivity contribution in [3.63, 3.8) is 0 Å². The van der Waals surface area contributed by atoms with E-state index in [4.69, 9.17) is 9.73 Å². The number of thiophene rings is 1. The number of aryl methyl sites for hydroxylation is 1. The Kier molecular flexibility index (Phi) is 7.25. The number of guanidine groups is 1. The molecule has 7 heteroatoms. The molecule has 1 unspecified atom stereocenters. The van der Waals surface area contributed by atoms with Crippen LogP contribution < -0.4 is 5.32 Å². The van der Waals surface area contributed by atoms with E-state index in [1.165, 1.54) is 21.6 Å². The summed E-state index contributed by atoms with van der Waals surface area (Å²) in [5.74, 6) is 1.06. The molecule has 1 aromatic heterocycles. The fraction of sp³-hybridized carbons (Fsp3) is 0.500. The summed E-state index contributed by atoms with van der Waals surface area (Å²) in [5, 5.41) is 5.52. The molecule has 0 radical (unpaired) electrons. The lowest BCUT2D eigenvalue weighted by Crippen LogP contribution is -2.48. The van der Waals surface area contributed by atoms with E-state index in [0.717, 1.165) is 45.1 Å². The van der Waals surface area contributed by atoms with E-state index in [1.54, 1.807) is 11.3 Å². The van der Waals surface area contributed by atoms with Gasteiger partial charge in [-0.05, 0) is 48.4 Å². The molecule has 3 heterocycles. The lowest BCUT2D eigenvalue weighted by atomic mass is 10.0. The van der Waals surface area contributed by atoms with Crippen molar-refractivity contribution >= 4 is 23.2 Å². The molecule has 1 N–H and O–H groups in total. The van der Waals surface area contributed by atoms with Crippen LogP contribution in [0.3, 0.4) is 0 Å². The highest BCUT2D eigenvalue weighted by Crippen LogP contribution is 2.26. The molecular formula is C24H32N4O2S. The summed E-state index contributed by atoms with van der Waals surface area (Å²) in [6.45, 7) is 9.29. The Labute approximate surface area is 188 Å². The summed E-state index contributed by atoms with van der Waals surface area (Å²) in [6, 6.07) is 10.5. The van der Waals surface area contributed by atoms with Gasteiger partial charge in [0.2, 0.25) is 5.91 Å². The Bertz CT molecular complexity index is 926. The van der Waals surface area contributed by atoms with Crippen molar-refractivity contribution in [3.8, 4) is 0 Å². The van der Waals surface area contributed by atoms with Crippen LogP contribution in [0.2, 0.25) is 0 Å². The van der Waals surface area contributed by atoms with Crippen molar-refractivity contribution < 1.29 is 9.53 Å². The predicted molar refractivity (Wildman–Crippen MR) is 125 cm³/mol. The molecule has 1 saturated heterocycles. The summed E-state index contributed by atoms with van der Waals surface area (Å²) in [4.78, 5) is 23.2. The third kappa shape index (κ3) is 5.28. The second-order valence-corrected chi connectivity index (χ2v) is 9.08. The number of benzene rings is 1. The van der Waals surface area contributed by atoms with Crippen LogP contribution in [0.15, 0.2) is 40.7 Å². The van der Waals surface area contributed by atoms with Gasteiger partial charge < -0.3 is 19.9 Å². The van der Waals surface area contributed by atoms with Gasteiger partial charge in [0.1, 0.15) is 6.10 Å². The van der Waals surface area contributed by atoms with E-state index in [1.807, 2.05) is 4.90 Å². The van der Waals surface area contributed by atoms with Crippen molar-refractivity contribution in [3.05, 3.63) is 57.3 Å². The van der Waals surface area contributed by atoms with Crippen LogP contribution in [0.4, 0.5) is 0 Å². The topological polar surface area (TPSA) is 57.2 Å². The normalized spacial score (nSPS) is 19.3. The number of amides is 1. The van der Waals surface area contributed by atoms with Gasteiger partial charge in [0, 0.05) is 37.5 Å². The largest absolute Gasteiger partial charge is 0.370 e. The van der Waals surface area contributed by atoms with Gasteiger partial charge >= 0.3 is 0 Å². The van der Waals surface area contributed by atoms with Gasteiger partial charge in [0.25, 0.3) is 0 Å². The SMILES string of the molecule is CCNC(=NCCC(=O)N1CCc2sccc2C1)N1CCOC(c2ccccc2C)C1. The zero-order chi connectivity index (χ0) is 21.6. The van der Waals surface area contributed by atoms with Gasteiger partial charge in [-0.3, -0.25) is 9.79 Å². The molecule has 1 amide bonds. The van der Waals surface area contributed by atoms with Crippen LogP contribution in [0.1, 0.15) is 41.0 Å². The first-order valence-corrected chi connectivity index (χ1v) is 12.1. The first-order chi connectivity index (χ1) is 15.2. The monoisotopic (exact) mass is 440 g/mol. The lowest BCUT2D eigenvalue weighted by molar-refractivity contribution is -0.131. The minimum atomic E-state index is 0.0357. The predicted octanol–water partition coefficient (Wildman–Crippen LogP) is 3.37. The maximum absolute atomic E-state index is 12.7. The van der Waals surface area contributed by atoms with Gasteiger partial charge in [-0.1, -0.05) is 24.3 Å². The standard InChI is InChI=1S/C24H32N4O2S/c1-3-25-24(28-13-14-30-21(17-28)20-7-5-4-6-18(20)2)26-11-8-23(29)27-12-9-22-19(16-27)10-15-31-22/h4-7,10,15,21H,3,8-9,11-14,16-17H2,1-2H3,(H,25,26). The highest BCUT2D eigenvalue weighted by atomic mass is 32.1. The second-order valence-electron chi connectivity index (χ2n) is 8.08. The number of morpholine rings is 1. The van der Waals surface area contributed by atoms with Gasteiger partial charge in [0.15, 0.2) is 5.96 Å². The van der Waals surface area contributed by atoms with E-state index in [9.17, 15) is 4.79 Å². The Balaban J connectivity index is 1.35. The summed E-state index contributed by atoms with van der Waals surface area (Å²) in [5.41, 5.74) is 3.78. The van der Waals surface area contributed by atoms with Gasteiger partial charge in [-0.15, -0.1) is 11.3 Å². The molecule has 0 saturated carbocycles. The molecule has 1 atom stereocenters. The summed E-state index contributed by atoms with van der Waals surface area (Å²) < 4.78 is 6.06. The molecule has 1 fully saturated rings. The van der Waals surface area contributed by atoms with Crippen LogP contribution in [0, 0.1) is 6.92 Å². The molecule has 0 spiro atoms. The number of fused-ring (bicyclic) bond motifs is 1. The van der Waals surface area contributed by atoms with Gasteiger partial charge in [-0.2, -0.15) is 0 Å². The van der Waals surface area contributed by atoms with E-state index < -0.39 is 0 Å². The first kappa shape index (κ1) is 21.8. The molecule has 2 aromatic rings. The molecule has 0 bridgehead atoms. The number of hydrogen-bond acceptors (Lipinski definition) is 4. The average molecular weight is 441 g/mol. The smallest absolute Gasteiger partial charge is 0.224 e. The number of aliphatic imine (C=N–C) groups is 1. The number of ether oxygens (including phenoxy) is 1. The van der Waals surface area contributed by atoms with Gasteiger partial charge in [-0.25, -0.2) is 0 Å². The molecular weight excluding hydrogens is 408 g/mol. The third-order valence-corrected chi connectivity index (χ3v) is 7.01. The van der Waals surface area contributed by atoms with E-state index in [0.29, 0.717) is 19.6 Å². The fourth-order valence-electron chi connectivity index (χ4n) is 4.28. The van der Waals surface area contributed by atoms with Crippen LogP contribution in [0.25, 0.3) is 0 Å². The van der Waals surface area contributed by atoms with Crippen molar-refractivity contribution in [2.75, 3.05) is 39.3 Å². The van der Waals surface area contributed by atoms with Crippen molar-refractivity contribution in [2.24, 2.45) is 4.99 Å². The van der Waals surface area contributed by atoms with Crippen molar-refractivity contribution in [1.82, 2.24) is 15.1 Å².